The lowest BCUT2D eigenvalue weighted by atomic mass is 10.2. The second-order valence-corrected chi connectivity index (χ2v) is 11.0. The lowest BCUT2D eigenvalue weighted by Crippen LogP contribution is -2.35. The molecule has 0 bridgehead atoms. The van der Waals surface area contributed by atoms with Gasteiger partial charge >= 0.3 is 5.97 Å². The zero-order valence-corrected chi connectivity index (χ0v) is 21.2. The van der Waals surface area contributed by atoms with Crippen molar-refractivity contribution in [2.75, 3.05) is 26.8 Å². The van der Waals surface area contributed by atoms with Crippen LogP contribution in [0.1, 0.15) is 36.5 Å². The van der Waals surface area contributed by atoms with Gasteiger partial charge in [0.1, 0.15) is 12.3 Å². The third-order valence-electron chi connectivity index (χ3n) is 5.73. The number of amides is 1. The largest absolute Gasteiger partial charge is 0.497 e. The van der Waals surface area contributed by atoms with E-state index in [1.165, 1.54) is 39.9 Å². The highest BCUT2D eigenvalue weighted by Gasteiger charge is 2.26. The normalized spacial score (nSPS) is 15.3. The summed E-state index contributed by atoms with van der Waals surface area (Å²) in [4.78, 5) is 29.9. The molecule has 11 heteroatoms. The van der Waals surface area contributed by atoms with E-state index in [1.807, 2.05) is 6.07 Å². The minimum atomic E-state index is -3.59. The van der Waals surface area contributed by atoms with Crippen LogP contribution < -0.4 is 9.54 Å². The number of rotatable bonds is 7. The highest BCUT2D eigenvalue weighted by molar-refractivity contribution is 7.89. The first-order valence-electron chi connectivity index (χ1n) is 11.4. The number of aromatic nitrogens is 1. The molecule has 1 amide bonds. The predicted octanol–water partition coefficient (Wildman–Crippen LogP) is 3.19. The first kappa shape index (κ1) is 25.1. The average molecular weight is 518 g/mol. The molecule has 1 fully saturated rings. The Hall–Kier alpha value is -3.02. The Morgan fingerprint density at radius 2 is 1.77 bits per heavy atom. The molecule has 0 radical (unpaired) electrons. The number of esters is 1. The van der Waals surface area contributed by atoms with Gasteiger partial charge in [-0.1, -0.05) is 17.8 Å². The molecule has 1 aromatic heterocycles. The standard InChI is InChI=1S/C24H27N3O6S2/c1-3-33-22(28)16-27-20-12-9-18(32-2)15-21(20)34-24(27)25-23(29)17-7-10-19(11-8-17)35(30,31)26-13-5-4-6-14-26/h7-12,15H,3-6,13-14,16H2,1-2H3. The number of carbonyl (C=O) groups excluding carboxylic acids is 2. The molecule has 2 heterocycles. The third-order valence-corrected chi connectivity index (χ3v) is 8.69. The lowest BCUT2D eigenvalue weighted by Gasteiger charge is -2.25. The number of benzene rings is 2. The van der Waals surface area contributed by atoms with Crippen molar-refractivity contribution >= 4 is 43.5 Å². The number of ether oxygens (including phenoxy) is 2. The first-order valence-corrected chi connectivity index (χ1v) is 13.6. The SMILES string of the molecule is CCOC(=O)Cn1c(=NC(=O)c2ccc(S(=O)(=O)N3CCCCC3)cc2)sc2cc(OC)ccc21. The first-order chi connectivity index (χ1) is 16.8. The molecular weight excluding hydrogens is 490 g/mol. The highest BCUT2D eigenvalue weighted by Crippen LogP contribution is 2.24. The molecule has 4 rings (SSSR count). The van der Waals surface area contributed by atoms with Crippen LogP contribution in [0.4, 0.5) is 0 Å². The summed E-state index contributed by atoms with van der Waals surface area (Å²) in [5.41, 5.74) is 0.971. The van der Waals surface area contributed by atoms with Crippen LogP contribution in [0.25, 0.3) is 10.2 Å². The van der Waals surface area contributed by atoms with Crippen molar-refractivity contribution in [2.45, 2.75) is 37.6 Å². The second-order valence-electron chi connectivity index (χ2n) is 8.02. The van der Waals surface area contributed by atoms with Gasteiger partial charge in [0.2, 0.25) is 10.0 Å². The minimum Gasteiger partial charge on any atom is -0.497 e. The van der Waals surface area contributed by atoms with Crippen molar-refractivity contribution in [3.05, 3.63) is 52.8 Å². The molecule has 1 aliphatic heterocycles. The van der Waals surface area contributed by atoms with Crippen molar-refractivity contribution in [3.8, 4) is 5.75 Å². The molecule has 0 aliphatic carbocycles. The molecule has 3 aromatic rings. The number of sulfonamides is 1. The zero-order chi connectivity index (χ0) is 25.0. The van der Waals surface area contributed by atoms with E-state index >= 15 is 0 Å². The van der Waals surface area contributed by atoms with Crippen LogP contribution in [-0.2, 0) is 26.1 Å². The molecule has 0 unspecified atom stereocenters. The Labute approximate surface area is 207 Å². The van der Waals surface area contributed by atoms with E-state index in [-0.39, 0.29) is 23.6 Å². The van der Waals surface area contributed by atoms with Crippen LogP contribution in [0.2, 0.25) is 0 Å². The maximum absolute atomic E-state index is 13.0. The number of nitrogens with zero attached hydrogens (tertiary/aromatic N) is 3. The molecule has 2 aromatic carbocycles. The summed E-state index contributed by atoms with van der Waals surface area (Å²) >= 11 is 1.25. The Balaban J connectivity index is 1.66. The quantitative estimate of drug-likeness (QED) is 0.446. The Morgan fingerprint density at radius 3 is 2.43 bits per heavy atom. The van der Waals surface area contributed by atoms with Crippen molar-refractivity contribution in [3.63, 3.8) is 0 Å². The fourth-order valence-corrected chi connectivity index (χ4v) is 6.50. The summed E-state index contributed by atoms with van der Waals surface area (Å²) in [5, 5.41) is 0. The summed E-state index contributed by atoms with van der Waals surface area (Å²) in [6.45, 7) is 2.89. The molecule has 0 N–H and O–H groups in total. The van der Waals surface area contributed by atoms with Gasteiger partial charge in [0, 0.05) is 18.7 Å². The lowest BCUT2D eigenvalue weighted by molar-refractivity contribution is -0.143. The minimum absolute atomic E-state index is 0.0979. The molecule has 1 saturated heterocycles. The maximum atomic E-state index is 13.0. The van der Waals surface area contributed by atoms with Gasteiger partial charge in [0.05, 0.1) is 28.8 Å². The van der Waals surface area contributed by atoms with Gasteiger partial charge in [-0.05, 0) is 62.2 Å². The van der Waals surface area contributed by atoms with E-state index in [0.29, 0.717) is 23.6 Å². The average Bonchev–Trinajstić information content (AvgIpc) is 3.20. The van der Waals surface area contributed by atoms with Gasteiger partial charge in [0.15, 0.2) is 4.80 Å². The summed E-state index contributed by atoms with van der Waals surface area (Å²) in [6, 6.07) is 11.2. The number of hydrogen-bond donors (Lipinski definition) is 0. The number of hydrogen-bond acceptors (Lipinski definition) is 7. The van der Waals surface area contributed by atoms with E-state index in [4.69, 9.17) is 9.47 Å². The zero-order valence-electron chi connectivity index (χ0n) is 19.6. The van der Waals surface area contributed by atoms with Gasteiger partial charge in [-0.25, -0.2) is 8.42 Å². The Morgan fingerprint density at radius 1 is 1.06 bits per heavy atom. The van der Waals surface area contributed by atoms with Gasteiger partial charge in [-0.15, -0.1) is 0 Å². The fourth-order valence-electron chi connectivity index (χ4n) is 3.93. The molecule has 9 nitrogen and oxygen atoms in total. The van der Waals surface area contributed by atoms with Crippen molar-refractivity contribution in [2.24, 2.45) is 4.99 Å². The van der Waals surface area contributed by atoms with Crippen LogP contribution in [-0.4, -0.2) is 56.0 Å². The Kier molecular flexibility index (Phi) is 7.68. The second kappa shape index (κ2) is 10.7. The molecule has 186 valence electrons. The number of methoxy groups -OCH3 is 1. The summed E-state index contributed by atoms with van der Waals surface area (Å²) < 4.78 is 40.0. The van der Waals surface area contributed by atoms with Crippen molar-refractivity contribution in [1.82, 2.24) is 8.87 Å². The monoisotopic (exact) mass is 517 g/mol. The third kappa shape index (κ3) is 5.47. The molecule has 0 atom stereocenters. The van der Waals surface area contributed by atoms with Gasteiger partial charge in [-0.3, -0.25) is 9.59 Å². The molecule has 35 heavy (non-hydrogen) atoms. The van der Waals surface area contributed by atoms with Crippen molar-refractivity contribution < 1.29 is 27.5 Å². The van der Waals surface area contributed by atoms with Crippen LogP contribution >= 0.6 is 11.3 Å². The molecule has 0 saturated carbocycles. The van der Waals surface area contributed by atoms with Gasteiger partial charge < -0.3 is 14.0 Å². The predicted molar refractivity (Wildman–Crippen MR) is 132 cm³/mol. The molecular formula is C24H27N3O6S2. The van der Waals surface area contributed by atoms with Crippen LogP contribution in [0.5, 0.6) is 5.75 Å². The summed E-state index contributed by atoms with van der Waals surface area (Å²) in [5.74, 6) is -0.336. The van der Waals surface area contributed by atoms with Crippen molar-refractivity contribution in [1.29, 1.82) is 0 Å². The number of piperidine rings is 1. The topological polar surface area (TPSA) is 107 Å². The molecule has 0 spiro atoms. The number of fused-ring (bicyclic) bond motifs is 1. The van der Waals surface area contributed by atoms with E-state index in [1.54, 1.807) is 30.7 Å². The van der Waals surface area contributed by atoms with E-state index in [9.17, 15) is 18.0 Å². The summed E-state index contributed by atoms with van der Waals surface area (Å²) in [6.07, 6.45) is 2.73. The van der Waals surface area contributed by atoms with Crippen LogP contribution in [0.15, 0.2) is 52.4 Å². The van der Waals surface area contributed by atoms with E-state index < -0.39 is 21.9 Å². The Bertz CT molecular complexity index is 1400. The smallest absolute Gasteiger partial charge is 0.326 e. The van der Waals surface area contributed by atoms with Crippen LogP contribution in [0, 0.1) is 0 Å². The van der Waals surface area contributed by atoms with Gasteiger partial charge in [0.25, 0.3) is 5.91 Å². The van der Waals surface area contributed by atoms with E-state index in [0.717, 1.165) is 29.5 Å². The number of thiazole rings is 1. The number of carbonyl (C=O) groups is 2. The molecule has 1 aliphatic rings. The van der Waals surface area contributed by atoms with E-state index in [2.05, 4.69) is 4.99 Å². The summed E-state index contributed by atoms with van der Waals surface area (Å²) in [7, 11) is -2.03. The van der Waals surface area contributed by atoms with Gasteiger partial charge in [-0.2, -0.15) is 9.30 Å². The maximum Gasteiger partial charge on any atom is 0.326 e. The highest BCUT2D eigenvalue weighted by atomic mass is 32.2. The fraction of sp³-hybridized carbons (Fsp3) is 0.375. The van der Waals surface area contributed by atoms with Crippen LogP contribution in [0.3, 0.4) is 0 Å².